The Labute approximate surface area is 170 Å². The SMILES string of the molecule is Cn1cc(N2CCCC(c3nc4c5c(Cl)ccc(Cl)c5nc(N)n4n3)C2)cn1. The Morgan fingerprint density at radius 1 is 1.18 bits per heavy atom. The number of halogens is 2. The summed E-state index contributed by atoms with van der Waals surface area (Å²) in [7, 11) is 1.92. The lowest BCUT2D eigenvalue weighted by molar-refractivity contribution is 0.491. The third-order valence-corrected chi connectivity index (χ3v) is 5.83. The zero-order valence-electron chi connectivity index (χ0n) is 15.2. The van der Waals surface area contributed by atoms with Gasteiger partial charge in [0.15, 0.2) is 11.5 Å². The van der Waals surface area contributed by atoms with E-state index in [0.717, 1.165) is 37.4 Å². The van der Waals surface area contributed by atoms with Crippen molar-refractivity contribution in [2.24, 2.45) is 7.05 Å². The maximum absolute atomic E-state index is 6.42. The highest BCUT2D eigenvalue weighted by molar-refractivity contribution is 6.41. The number of piperidine rings is 1. The van der Waals surface area contributed by atoms with E-state index in [2.05, 4.69) is 20.1 Å². The number of anilines is 2. The van der Waals surface area contributed by atoms with Gasteiger partial charge < -0.3 is 10.6 Å². The minimum Gasteiger partial charge on any atom is -0.368 e. The van der Waals surface area contributed by atoms with Gasteiger partial charge in [-0.2, -0.15) is 9.61 Å². The molecule has 1 aromatic carbocycles. The van der Waals surface area contributed by atoms with E-state index in [1.165, 1.54) is 0 Å². The molecule has 1 aliphatic heterocycles. The van der Waals surface area contributed by atoms with Crippen LogP contribution in [-0.4, -0.2) is 42.5 Å². The number of hydrogen-bond donors (Lipinski definition) is 1. The fraction of sp³-hybridized carbons (Fsp3) is 0.333. The van der Waals surface area contributed by atoms with Crippen LogP contribution in [0.15, 0.2) is 24.5 Å². The summed E-state index contributed by atoms with van der Waals surface area (Å²) < 4.78 is 3.37. The molecule has 0 saturated carbocycles. The predicted octanol–water partition coefficient (Wildman–Crippen LogP) is 3.28. The first kappa shape index (κ1) is 17.5. The van der Waals surface area contributed by atoms with Gasteiger partial charge in [-0.25, -0.2) is 9.97 Å². The maximum atomic E-state index is 6.42. The van der Waals surface area contributed by atoms with Crippen LogP contribution in [0.1, 0.15) is 24.6 Å². The molecule has 0 amide bonds. The van der Waals surface area contributed by atoms with E-state index in [1.807, 2.05) is 24.1 Å². The van der Waals surface area contributed by atoms with Gasteiger partial charge in [-0.1, -0.05) is 23.2 Å². The molecule has 1 saturated heterocycles. The minimum atomic E-state index is 0.182. The number of rotatable bonds is 2. The molecule has 4 aromatic rings. The minimum absolute atomic E-state index is 0.182. The van der Waals surface area contributed by atoms with Crippen LogP contribution in [-0.2, 0) is 7.05 Å². The fourth-order valence-corrected chi connectivity index (χ4v) is 4.28. The molecule has 28 heavy (non-hydrogen) atoms. The fourth-order valence-electron chi connectivity index (χ4n) is 3.84. The molecule has 8 nitrogen and oxygen atoms in total. The topological polar surface area (TPSA) is 90.2 Å². The van der Waals surface area contributed by atoms with Crippen LogP contribution in [0.3, 0.4) is 0 Å². The largest absolute Gasteiger partial charge is 0.368 e. The molecule has 0 spiro atoms. The Kier molecular flexibility index (Phi) is 4.06. The van der Waals surface area contributed by atoms with Gasteiger partial charge in [-0.15, -0.1) is 5.10 Å². The van der Waals surface area contributed by atoms with E-state index >= 15 is 0 Å². The Morgan fingerprint density at radius 3 is 2.79 bits per heavy atom. The second-order valence-electron chi connectivity index (χ2n) is 7.09. The summed E-state index contributed by atoms with van der Waals surface area (Å²) >= 11 is 12.7. The van der Waals surface area contributed by atoms with E-state index in [0.29, 0.717) is 26.6 Å². The summed E-state index contributed by atoms with van der Waals surface area (Å²) in [4.78, 5) is 11.5. The summed E-state index contributed by atoms with van der Waals surface area (Å²) in [6.45, 7) is 1.81. The number of nitrogens with two attached hydrogens (primary N) is 1. The first-order valence-corrected chi connectivity index (χ1v) is 9.80. The van der Waals surface area contributed by atoms with E-state index in [9.17, 15) is 0 Å². The number of fused-ring (bicyclic) bond motifs is 3. The number of aryl methyl sites for hydroxylation is 1. The van der Waals surface area contributed by atoms with E-state index in [1.54, 1.807) is 16.6 Å². The van der Waals surface area contributed by atoms with Crippen molar-refractivity contribution in [2.45, 2.75) is 18.8 Å². The van der Waals surface area contributed by atoms with Gasteiger partial charge in [0, 0.05) is 32.3 Å². The Morgan fingerprint density at radius 2 is 2.00 bits per heavy atom. The quantitative estimate of drug-likeness (QED) is 0.539. The van der Waals surface area contributed by atoms with Crippen molar-refractivity contribution in [1.82, 2.24) is 29.4 Å². The number of aromatic nitrogens is 6. The van der Waals surface area contributed by atoms with Crippen molar-refractivity contribution >= 4 is 51.4 Å². The van der Waals surface area contributed by atoms with Gasteiger partial charge in [0.1, 0.15) is 0 Å². The first-order valence-electron chi connectivity index (χ1n) is 9.04. The van der Waals surface area contributed by atoms with Crippen LogP contribution in [0.2, 0.25) is 10.0 Å². The van der Waals surface area contributed by atoms with Crippen LogP contribution < -0.4 is 10.6 Å². The second kappa shape index (κ2) is 6.49. The average Bonchev–Trinajstić information content (AvgIpc) is 3.32. The standard InChI is InChI=1S/C18H18Cl2N8/c1-26-9-11(7-22-26)27-6-2-3-10(8-27)16-24-17-14-12(19)4-5-13(20)15(14)23-18(21)28(17)25-16/h4-5,7,9-10H,2-3,6,8H2,1H3,(H2,21,23). The number of benzene rings is 1. The normalized spacial score (nSPS) is 17.7. The van der Waals surface area contributed by atoms with Gasteiger partial charge in [0.05, 0.1) is 32.8 Å². The van der Waals surface area contributed by atoms with Crippen LogP contribution in [0, 0.1) is 0 Å². The highest BCUT2D eigenvalue weighted by Crippen LogP contribution is 2.34. The van der Waals surface area contributed by atoms with Crippen LogP contribution in [0.25, 0.3) is 16.6 Å². The molecule has 0 aliphatic carbocycles. The highest BCUT2D eigenvalue weighted by atomic mass is 35.5. The first-order chi connectivity index (χ1) is 13.5. The second-order valence-corrected chi connectivity index (χ2v) is 7.90. The smallest absolute Gasteiger partial charge is 0.223 e. The molecule has 1 atom stereocenters. The zero-order valence-corrected chi connectivity index (χ0v) is 16.7. The number of nitrogens with zero attached hydrogens (tertiary/aromatic N) is 7. The molecular formula is C18H18Cl2N8. The lowest BCUT2D eigenvalue weighted by atomic mass is 9.97. The molecule has 1 unspecified atom stereocenters. The van der Waals surface area contributed by atoms with Crippen molar-refractivity contribution < 1.29 is 0 Å². The Balaban J connectivity index is 1.59. The molecule has 1 fully saturated rings. The summed E-state index contributed by atoms with van der Waals surface area (Å²) in [5.74, 6) is 1.16. The molecule has 5 rings (SSSR count). The highest BCUT2D eigenvalue weighted by Gasteiger charge is 2.27. The molecule has 3 aromatic heterocycles. The van der Waals surface area contributed by atoms with Crippen LogP contribution >= 0.6 is 23.2 Å². The maximum Gasteiger partial charge on any atom is 0.223 e. The van der Waals surface area contributed by atoms with Crippen molar-refractivity contribution in [1.29, 1.82) is 0 Å². The summed E-state index contributed by atoms with van der Waals surface area (Å²) in [6.07, 6.45) is 5.97. The lowest BCUT2D eigenvalue weighted by Gasteiger charge is -2.32. The van der Waals surface area contributed by atoms with Crippen LogP contribution in [0.5, 0.6) is 0 Å². The molecule has 1 aliphatic rings. The summed E-state index contributed by atoms with van der Waals surface area (Å²) in [6, 6.07) is 3.45. The number of nitrogen functional groups attached to an aromatic ring is 1. The van der Waals surface area contributed by atoms with Gasteiger partial charge in [0.2, 0.25) is 5.95 Å². The van der Waals surface area contributed by atoms with Gasteiger partial charge in [-0.3, -0.25) is 4.68 Å². The zero-order chi connectivity index (χ0) is 19.4. The van der Waals surface area contributed by atoms with Gasteiger partial charge in [0.25, 0.3) is 0 Å². The Hall–Kier alpha value is -2.58. The molecule has 0 bridgehead atoms. The van der Waals surface area contributed by atoms with E-state index in [4.69, 9.17) is 33.9 Å². The van der Waals surface area contributed by atoms with E-state index in [-0.39, 0.29) is 11.9 Å². The average molecular weight is 417 g/mol. The van der Waals surface area contributed by atoms with Gasteiger partial charge in [-0.05, 0) is 25.0 Å². The van der Waals surface area contributed by atoms with Crippen molar-refractivity contribution in [3.05, 3.63) is 40.4 Å². The molecule has 144 valence electrons. The third-order valence-electron chi connectivity index (χ3n) is 5.21. The van der Waals surface area contributed by atoms with Crippen molar-refractivity contribution in [3.8, 4) is 0 Å². The molecule has 10 heteroatoms. The predicted molar refractivity (Wildman–Crippen MR) is 110 cm³/mol. The molecule has 0 radical (unpaired) electrons. The Bertz CT molecular complexity index is 1200. The third kappa shape index (κ3) is 2.75. The molecule has 4 heterocycles. The van der Waals surface area contributed by atoms with E-state index < -0.39 is 0 Å². The molecular weight excluding hydrogens is 399 g/mol. The van der Waals surface area contributed by atoms with Crippen molar-refractivity contribution in [3.63, 3.8) is 0 Å². The summed E-state index contributed by atoms with van der Waals surface area (Å²) in [5.41, 5.74) is 8.37. The van der Waals surface area contributed by atoms with Crippen LogP contribution in [0.4, 0.5) is 11.6 Å². The molecule has 2 N–H and O–H groups in total. The monoisotopic (exact) mass is 416 g/mol. The van der Waals surface area contributed by atoms with Gasteiger partial charge >= 0.3 is 0 Å². The summed E-state index contributed by atoms with van der Waals surface area (Å²) in [5, 5.41) is 10.6. The lowest BCUT2D eigenvalue weighted by Crippen LogP contribution is -2.34. The van der Waals surface area contributed by atoms with Crippen molar-refractivity contribution in [2.75, 3.05) is 23.7 Å². The number of hydrogen-bond acceptors (Lipinski definition) is 6.